The monoisotopic (exact) mass is 394 g/mol. The first-order chi connectivity index (χ1) is 9.43. The first-order valence-corrected chi connectivity index (χ1v) is 9.28. The Bertz CT molecular complexity index is 686. The lowest BCUT2D eigenvalue weighted by molar-refractivity contribution is 0.466. The van der Waals surface area contributed by atoms with Crippen LogP contribution in [0.5, 0.6) is 0 Å². The van der Waals surface area contributed by atoms with Crippen LogP contribution in [0.1, 0.15) is 10.4 Å². The fourth-order valence-electron chi connectivity index (χ4n) is 1.54. The van der Waals surface area contributed by atoms with Gasteiger partial charge in [-0.1, -0.05) is 6.07 Å². The predicted molar refractivity (Wildman–Crippen MR) is 84.5 cm³/mol. The van der Waals surface area contributed by atoms with Gasteiger partial charge in [-0.25, -0.2) is 13.4 Å². The summed E-state index contributed by atoms with van der Waals surface area (Å²) in [4.78, 5) is 4.93. The van der Waals surface area contributed by atoms with Crippen LogP contribution in [0.2, 0.25) is 0 Å². The Morgan fingerprint density at radius 2 is 2.20 bits per heavy atom. The van der Waals surface area contributed by atoms with Crippen molar-refractivity contribution in [1.82, 2.24) is 9.29 Å². The minimum absolute atomic E-state index is 0.0319. The molecule has 0 spiro atoms. The summed E-state index contributed by atoms with van der Waals surface area (Å²) in [6.07, 6.45) is 1.48. The molecular weight excluding hydrogens is 384 g/mol. The average Bonchev–Trinajstić information content (AvgIpc) is 2.84. The summed E-state index contributed by atoms with van der Waals surface area (Å²) in [5, 5.41) is 1.95. The van der Waals surface area contributed by atoms with E-state index in [4.69, 9.17) is 11.6 Å². The maximum absolute atomic E-state index is 12.4. The molecule has 2 aromatic rings. The van der Waals surface area contributed by atoms with Crippen LogP contribution in [0, 0.1) is 0 Å². The molecule has 0 radical (unpaired) electrons. The molecule has 0 aliphatic heterocycles. The fourth-order valence-corrected chi connectivity index (χ4v) is 4.34. The molecule has 0 aliphatic rings. The van der Waals surface area contributed by atoms with Crippen LogP contribution in [-0.4, -0.2) is 24.8 Å². The number of pyridine rings is 1. The van der Waals surface area contributed by atoms with Crippen LogP contribution >= 0.6 is 38.9 Å². The van der Waals surface area contributed by atoms with E-state index in [0.717, 1.165) is 14.9 Å². The highest BCUT2D eigenvalue weighted by atomic mass is 79.9. The standard InChI is InChI=1S/C12H12BrClN2O2S2/c1-16(7-11-4-10(13)8-19-11)20(17,18)12-3-2-9(5-14)6-15-12/h2-4,6,8H,5,7H2,1H3. The molecule has 108 valence electrons. The summed E-state index contributed by atoms with van der Waals surface area (Å²) in [5.41, 5.74) is 0.787. The van der Waals surface area contributed by atoms with E-state index >= 15 is 0 Å². The third-order valence-electron chi connectivity index (χ3n) is 2.63. The molecule has 0 N–H and O–H groups in total. The zero-order valence-electron chi connectivity index (χ0n) is 10.6. The normalized spacial score (nSPS) is 12.0. The van der Waals surface area contributed by atoms with Gasteiger partial charge in [0.15, 0.2) is 5.03 Å². The maximum Gasteiger partial charge on any atom is 0.260 e. The number of alkyl halides is 1. The van der Waals surface area contributed by atoms with Gasteiger partial charge in [-0.3, -0.25) is 0 Å². The van der Waals surface area contributed by atoms with Gasteiger partial charge < -0.3 is 0 Å². The number of hydrogen-bond donors (Lipinski definition) is 0. The van der Waals surface area contributed by atoms with Crippen LogP contribution in [-0.2, 0) is 22.4 Å². The van der Waals surface area contributed by atoms with Crippen molar-refractivity contribution in [1.29, 1.82) is 0 Å². The Kier molecular flexibility index (Phi) is 5.19. The molecule has 2 heterocycles. The number of sulfonamides is 1. The van der Waals surface area contributed by atoms with Gasteiger partial charge in [-0.15, -0.1) is 22.9 Å². The number of nitrogens with zero attached hydrogens (tertiary/aromatic N) is 2. The average molecular weight is 396 g/mol. The van der Waals surface area contributed by atoms with Gasteiger partial charge >= 0.3 is 0 Å². The van der Waals surface area contributed by atoms with E-state index in [-0.39, 0.29) is 5.03 Å². The lowest BCUT2D eigenvalue weighted by Gasteiger charge is -2.15. The fraction of sp³-hybridized carbons (Fsp3) is 0.250. The number of thiophene rings is 1. The summed E-state index contributed by atoms with van der Waals surface area (Å²) in [7, 11) is -2.04. The summed E-state index contributed by atoms with van der Waals surface area (Å²) >= 11 is 10.5. The van der Waals surface area contributed by atoms with Crippen LogP contribution in [0.4, 0.5) is 0 Å². The zero-order valence-corrected chi connectivity index (χ0v) is 14.6. The third kappa shape index (κ3) is 3.59. The number of hydrogen-bond acceptors (Lipinski definition) is 4. The van der Waals surface area contributed by atoms with E-state index in [2.05, 4.69) is 20.9 Å². The second-order valence-corrected chi connectivity index (χ2v) is 8.30. The minimum Gasteiger partial charge on any atom is -0.243 e. The van der Waals surface area contributed by atoms with Gasteiger partial charge in [0.2, 0.25) is 0 Å². The molecule has 2 rings (SSSR count). The van der Waals surface area contributed by atoms with Crippen LogP contribution in [0.25, 0.3) is 0 Å². The lowest BCUT2D eigenvalue weighted by Crippen LogP contribution is -2.26. The Morgan fingerprint density at radius 1 is 1.45 bits per heavy atom. The largest absolute Gasteiger partial charge is 0.260 e. The van der Waals surface area contributed by atoms with Crippen molar-refractivity contribution < 1.29 is 8.42 Å². The van der Waals surface area contributed by atoms with E-state index in [9.17, 15) is 8.42 Å². The second kappa shape index (κ2) is 6.53. The van der Waals surface area contributed by atoms with E-state index in [1.807, 2.05) is 11.4 Å². The Labute approximate surface area is 135 Å². The van der Waals surface area contributed by atoms with Gasteiger partial charge in [0.1, 0.15) is 0 Å². The van der Waals surface area contributed by atoms with Gasteiger partial charge in [0, 0.05) is 40.4 Å². The molecule has 0 saturated carbocycles. The SMILES string of the molecule is CN(Cc1cc(Br)cs1)S(=O)(=O)c1ccc(CCl)cn1. The highest BCUT2D eigenvalue weighted by molar-refractivity contribution is 9.10. The van der Waals surface area contributed by atoms with Crippen LogP contribution in [0.3, 0.4) is 0 Å². The lowest BCUT2D eigenvalue weighted by atomic mass is 10.3. The second-order valence-electron chi connectivity index (χ2n) is 4.13. The predicted octanol–water partition coefficient (Wildman–Crippen LogP) is 3.47. The molecule has 0 saturated heterocycles. The van der Waals surface area contributed by atoms with Crippen LogP contribution in [0.15, 0.2) is 39.3 Å². The molecule has 0 amide bonds. The third-order valence-corrected chi connectivity index (χ3v) is 6.34. The highest BCUT2D eigenvalue weighted by Crippen LogP contribution is 2.23. The Hall–Kier alpha value is -0.470. The highest BCUT2D eigenvalue weighted by Gasteiger charge is 2.22. The van der Waals surface area contributed by atoms with Gasteiger partial charge in [0.05, 0.1) is 0 Å². The minimum atomic E-state index is -3.58. The van der Waals surface area contributed by atoms with Crippen molar-refractivity contribution in [3.8, 4) is 0 Å². The summed E-state index contributed by atoms with van der Waals surface area (Å²) in [6, 6.07) is 5.05. The van der Waals surface area contributed by atoms with E-state index in [1.165, 1.54) is 27.9 Å². The number of aromatic nitrogens is 1. The first-order valence-electron chi connectivity index (χ1n) is 5.63. The number of rotatable bonds is 5. The quantitative estimate of drug-likeness (QED) is 0.728. The van der Waals surface area contributed by atoms with E-state index < -0.39 is 10.0 Å². The molecule has 4 nitrogen and oxygen atoms in total. The topological polar surface area (TPSA) is 50.3 Å². The van der Waals surface area contributed by atoms with Crippen molar-refractivity contribution >= 4 is 48.9 Å². The molecule has 0 fully saturated rings. The van der Waals surface area contributed by atoms with Crippen molar-refractivity contribution in [2.45, 2.75) is 17.5 Å². The van der Waals surface area contributed by atoms with Gasteiger partial charge in [-0.05, 0) is 33.6 Å². The molecular formula is C12H12BrClN2O2S2. The molecule has 0 bridgehead atoms. The van der Waals surface area contributed by atoms with E-state index in [1.54, 1.807) is 13.1 Å². The maximum atomic E-state index is 12.4. The molecule has 20 heavy (non-hydrogen) atoms. The summed E-state index contributed by atoms with van der Waals surface area (Å²) < 4.78 is 27.0. The van der Waals surface area contributed by atoms with Gasteiger partial charge in [-0.2, -0.15) is 4.31 Å². The molecule has 0 atom stereocenters. The molecule has 0 aromatic carbocycles. The van der Waals surface area contributed by atoms with Crippen LogP contribution < -0.4 is 0 Å². The molecule has 0 aliphatic carbocycles. The first kappa shape index (κ1) is 15.9. The summed E-state index contributed by atoms with van der Waals surface area (Å²) in [5.74, 6) is 0.312. The van der Waals surface area contributed by atoms with Crippen molar-refractivity contribution in [3.05, 3.63) is 44.7 Å². The van der Waals surface area contributed by atoms with Crippen molar-refractivity contribution in [3.63, 3.8) is 0 Å². The summed E-state index contributed by atoms with van der Waals surface area (Å²) in [6.45, 7) is 0.317. The molecule has 2 aromatic heterocycles. The molecule has 0 unspecified atom stereocenters. The number of halogens is 2. The van der Waals surface area contributed by atoms with Crippen molar-refractivity contribution in [2.75, 3.05) is 7.05 Å². The van der Waals surface area contributed by atoms with E-state index in [0.29, 0.717) is 12.4 Å². The Morgan fingerprint density at radius 3 is 2.70 bits per heavy atom. The molecule has 8 heteroatoms. The smallest absolute Gasteiger partial charge is 0.243 e. The van der Waals surface area contributed by atoms with Gasteiger partial charge in [0.25, 0.3) is 10.0 Å². The van der Waals surface area contributed by atoms with Crippen molar-refractivity contribution in [2.24, 2.45) is 0 Å². The zero-order chi connectivity index (χ0) is 14.8. The Balaban J connectivity index is 2.19.